The third-order valence-corrected chi connectivity index (χ3v) is 3.42. The number of nitrogens with two attached hydrogens (primary N) is 1. The summed E-state index contributed by atoms with van der Waals surface area (Å²) in [6, 6.07) is 7.45. The Morgan fingerprint density at radius 2 is 2.00 bits per heavy atom. The summed E-state index contributed by atoms with van der Waals surface area (Å²) in [7, 11) is 1.62. The maximum absolute atomic E-state index is 10.9. The Bertz CT molecular complexity index is 400. The number of rotatable bonds is 6. The number of carboxylic acids is 1. The maximum atomic E-state index is 10.9. The van der Waals surface area contributed by atoms with Crippen LogP contribution in [0.2, 0.25) is 0 Å². The van der Waals surface area contributed by atoms with Gasteiger partial charge >= 0.3 is 5.97 Å². The highest BCUT2D eigenvalue weighted by Gasteiger charge is 2.31. The van der Waals surface area contributed by atoms with Gasteiger partial charge in [-0.05, 0) is 36.5 Å². The van der Waals surface area contributed by atoms with Crippen molar-refractivity contribution in [2.75, 3.05) is 7.11 Å². The van der Waals surface area contributed by atoms with Gasteiger partial charge in [0.2, 0.25) is 0 Å². The summed E-state index contributed by atoms with van der Waals surface area (Å²) in [4.78, 5) is 10.9. The quantitative estimate of drug-likeness (QED) is 0.811. The van der Waals surface area contributed by atoms with Gasteiger partial charge in [-0.2, -0.15) is 0 Å². The van der Waals surface area contributed by atoms with Crippen molar-refractivity contribution >= 4 is 5.97 Å². The predicted molar refractivity (Wildman–Crippen MR) is 70.7 cm³/mol. The topological polar surface area (TPSA) is 72.5 Å². The Labute approximate surface area is 108 Å². The van der Waals surface area contributed by atoms with Crippen LogP contribution in [0.5, 0.6) is 5.75 Å². The van der Waals surface area contributed by atoms with Crippen molar-refractivity contribution in [1.82, 2.24) is 0 Å². The lowest BCUT2D eigenvalue weighted by Crippen LogP contribution is -2.40. The van der Waals surface area contributed by atoms with Gasteiger partial charge in [-0.3, -0.25) is 4.79 Å². The molecule has 2 atom stereocenters. The van der Waals surface area contributed by atoms with Crippen molar-refractivity contribution in [2.45, 2.75) is 32.7 Å². The molecule has 0 amide bonds. The van der Waals surface area contributed by atoms with Crippen molar-refractivity contribution in [3.05, 3.63) is 29.8 Å². The van der Waals surface area contributed by atoms with E-state index in [0.717, 1.165) is 11.3 Å². The van der Waals surface area contributed by atoms with Gasteiger partial charge in [-0.1, -0.05) is 19.1 Å². The molecule has 0 aliphatic rings. The molecule has 1 aromatic carbocycles. The van der Waals surface area contributed by atoms with E-state index in [0.29, 0.717) is 6.42 Å². The molecular weight excluding hydrogens is 230 g/mol. The van der Waals surface area contributed by atoms with E-state index in [2.05, 4.69) is 0 Å². The number of benzene rings is 1. The monoisotopic (exact) mass is 251 g/mol. The molecule has 18 heavy (non-hydrogen) atoms. The van der Waals surface area contributed by atoms with E-state index >= 15 is 0 Å². The Balaban J connectivity index is 2.85. The van der Waals surface area contributed by atoms with Gasteiger partial charge < -0.3 is 15.6 Å². The van der Waals surface area contributed by atoms with Crippen molar-refractivity contribution in [3.63, 3.8) is 0 Å². The highest BCUT2D eigenvalue weighted by atomic mass is 16.5. The minimum absolute atomic E-state index is 0.0662. The summed E-state index contributed by atoms with van der Waals surface area (Å²) in [5.74, 6) is -0.0252. The lowest BCUT2D eigenvalue weighted by Gasteiger charge is -2.32. The zero-order valence-corrected chi connectivity index (χ0v) is 11.1. The average Bonchev–Trinajstić information content (AvgIpc) is 2.28. The standard InChI is InChI=1S/C14H21NO3/c1-10(15)14(2,9-13(16)17)8-11-4-6-12(18-3)7-5-11/h4-7,10H,8-9,15H2,1-3H3,(H,16,17). The summed E-state index contributed by atoms with van der Waals surface area (Å²) in [5.41, 5.74) is 6.56. The van der Waals surface area contributed by atoms with Crippen LogP contribution in [0.4, 0.5) is 0 Å². The second-order valence-corrected chi connectivity index (χ2v) is 5.04. The van der Waals surface area contributed by atoms with Gasteiger partial charge in [0.15, 0.2) is 0 Å². The van der Waals surface area contributed by atoms with Crippen molar-refractivity contribution in [1.29, 1.82) is 0 Å². The Hall–Kier alpha value is -1.55. The number of methoxy groups -OCH3 is 1. The molecule has 0 fully saturated rings. The van der Waals surface area contributed by atoms with Crippen LogP contribution >= 0.6 is 0 Å². The van der Waals surface area contributed by atoms with Crippen LogP contribution in [0.25, 0.3) is 0 Å². The smallest absolute Gasteiger partial charge is 0.303 e. The fraction of sp³-hybridized carbons (Fsp3) is 0.500. The van der Waals surface area contributed by atoms with Crippen molar-refractivity contribution in [3.8, 4) is 5.75 Å². The van der Waals surface area contributed by atoms with Crippen molar-refractivity contribution < 1.29 is 14.6 Å². The largest absolute Gasteiger partial charge is 0.497 e. The van der Waals surface area contributed by atoms with E-state index in [1.807, 2.05) is 38.1 Å². The molecule has 3 N–H and O–H groups in total. The number of carbonyl (C=O) groups is 1. The van der Waals surface area contributed by atoms with E-state index in [1.54, 1.807) is 7.11 Å². The lowest BCUT2D eigenvalue weighted by atomic mass is 9.75. The Morgan fingerprint density at radius 1 is 1.44 bits per heavy atom. The van der Waals surface area contributed by atoms with E-state index in [-0.39, 0.29) is 12.5 Å². The zero-order valence-electron chi connectivity index (χ0n) is 11.1. The molecule has 2 unspecified atom stereocenters. The zero-order chi connectivity index (χ0) is 13.8. The normalized spacial score (nSPS) is 15.8. The second-order valence-electron chi connectivity index (χ2n) is 5.04. The fourth-order valence-corrected chi connectivity index (χ4v) is 1.94. The molecule has 0 heterocycles. The first-order valence-electron chi connectivity index (χ1n) is 5.98. The molecule has 4 heteroatoms. The molecule has 100 valence electrons. The second kappa shape index (κ2) is 5.87. The first kappa shape index (κ1) is 14.5. The van der Waals surface area contributed by atoms with Crippen molar-refractivity contribution in [2.24, 2.45) is 11.1 Å². The average molecular weight is 251 g/mol. The van der Waals surface area contributed by atoms with E-state index < -0.39 is 11.4 Å². The molecule has 4 nitrogen and oxygen atoms in total. The number of aliphatic carboxylic acids is 1. The number of hydrogen-bond acceptors (Lipinski definition) is 3. The van der Waals surface area contributed by atoms with Gasteiger partial charge in [0.1, 0.15) is 5.75 Å². The van der Waals surface area contributed by atoms with Crippen LogP contribution in [0.1, 0.15) is 25.8 Å². The molecule has 0 aromatic heterocycles. The van der Waals surface area contributed by atoms with Gasteiger partial charge in [0.05, 0.1) is 13.5 Å². The highest BCUT2D eigenvalue weighted by Crippen LogP contribution is 2.30. The minimum atomic E-state index is -0.816. The third-order valence-electron chi connectivity index (χ3n) is 3.42. The molecule has 0 saturated carbocycles. The van der Waals surface area contributed by atoms with Gasteiger partial charge in [0, 0.05) is 6.04 Å². The summed E-state index contributed by atoms with van der Waals surface area (Å²) >= 11 is 0. The van der Waals surface area contributed by atoms with Gasteiger partial charge in [-0.25, -0.2) is 0 Å². The molecule has 1 rings (SSSR count). The third kappa shape index (κ3) is 3.74. The van der Waals surface area contributed by atoms with Crippen LogP contribution in [0.15, 0.2) is 24.3 Å². The summed E-state index contributed by atoms with van der Waals surface area (Å²) in [6.07, 6.45) is 0.706. The number of carboxylic acid groups (broad SMARTS) is 1. The SMILES string of the molecule is COc1ccc(CC(C)(CC(=O)O)C(C)N)cc1. The van der Waals surface area contributed by atoms with Crippen LogP contribution in [0, 0.1) is 5.41 Å². The molecular formula is C14H21NO3. The highest BCUT2D eigenvalue weighted by molar-refractivity contribution is 5.67. The Morgan fingerprint density at radius 3 is 2.39 bits per heavy atom. The number of ether oxygens (including phenoxy) is 1. The molecule has 1 aromatic rings. The molecule has 0 aliphatic carbocycles. The molecule has 0 saturated heterocycles. The van der Waals surface area contributed by atoms with Crippen LogP contribution < -0.4 is 10.5 Å². The van der Waals surface area contributed by atoms with Gasteiger partial charge in [0.25, 0.3) is 0 Å². The summed E-state index contributed by atoms with van der Waals surface area (Å²) < 4.78 is 5.09. The molecule has 0 radical (unpaired) electrons. The lowest BCUT2D eigenvalue weighted by molar-refractivity contribution is -0.139. The Kier molecular flexibility index (Phi) is 4.73. The number of hydrogen-bond donors (Lipinski definition) is 2. The molecule has 0 bridgehead atoms. The van der Waals surface area contributed by atoms with Gasteiger partial charge in [-0.15, -0.1) is 0 Å². The molecule has 0 spiro atoms. The van der Waals surface area contributed by atoms with Crippen LogP contribution in [0.3, 0.4) is 0 Å². The summed E-state index contributed by atoms with van der Waals surface area (Å²) in [6.45, 7) is 3.77. The molecule has 0 aliphatic heterocycles. The predicted octanol–water partition coefficient (Wildman–Crippen LogP) is 2.07. The minimum Gasteiger partial charge on any atom is -0.497 e. The maximum Gasteiger partial charge on any atom is 0.303 e. The van der Waals surface area contributed by atoms with Crippen LogP contribution in [-0.4, -0.2) is 24.2 Å². The first-order chi connectivity index (χ1) is 8.37. The summed E-state index contributed by atoms with van der Waals surface area (Å²) in [5, 5.41) is 8.98. The van der Waals surface area contributed by atoms with E-state index in [4.69, 9.17) is 15.6 Å². The fourth-order valence-electron chi connectivity index (χ4n) is 1.94. The van der Waals surface area contributed by atoms with Crippen LogP contribution in [-0.2, 0) is 11.2 Å². The van der Waals surface area contributed by atoms with E-state index in [1.165, 1.54) is 0 Å². The van der Waals surface area contributed by atoms with E-state index in [9.17, 15) is 4.79 Å². The first-order valence-corrected chi connectivity index (χ1v) is 5.98.